The number of rotatable bonds is 6. The third kappa shape index (κ3) is 4.04. The van der Waals surface area contributed by atoms with E-state index < -0.39 is 0 Å². The maximum atomic E-state index is 9.27. The Morgan fingerprint density at radius 3 is 2.00 bits per heavy atom. The fraction of sp³-hybridized carbons (Fsp3) is 0.600. The Morgan fingerprint density at radius 2 is 1.59 bits per heavy atom. The molecule has 0 atom stereocenters. The molecule has 0 bridgehead atoms. The van der Waals surface area contributed by atoms with E-state index in [1.165, 1.54) is 11.3 Å². The minimum absolute atomic E-state index is 0.0310. The Labute approximate surface area is 105 Å². The van der Waals surface area contributed by atoms with Crippen LogP contribution in [0.3, 0.4) is 0 Å². The van der Waals surface area contributed by atoms with Crippen LogP contribution in [0.4, 0.5) is 5.69 Å². The fourth-order valence-electron chi connectivity index (χ4n) is 2.02. The van der Waals surface area contributed by atoms with Gasteiger partial charge in [0, 0.05) is 25.4 Å². The molecule has 2 heteroatoms. The van der Waals surface area contributed by atoms with E-state index >= 15 is 0 Å². The van der Waals surface area contributed by atoms with Crippen LogP contribution in [0.2, 0.25) is 0 Å². The smallest absolute Gasteiger partial charge is 0.0485 e. The summed E-state index contributed by atoms with van der Waals surface area (Å²) in [5.74, 6) is 0. The lowest BCUT2D eigenvalue weighted by molar-refractivity contribution is 0.159. The van der Waals surface area contributed by atoms with Gasteiger partial charge in [0.2, 0.25) is 0 Å². The van der Waals surface area contributed by atoms with Gasteiger partial charge >= 0.3 is 0 Å². The maximum absolute atomic E-state index is 9.27. The number of benzene rings is 1. The predicted octanol–water partition coefficient (Wildman–Crippen LogP) is 3.09. The first kappa shape index (κ1) is 14.0. The zero-order valence-electron chi connectivity index (χ0n) is 11.5. The fourth-order valence-corrected chi connectivity index (χ4v) is 2.02. The zero-order valence-corrected chi connectivity index (χ0v) is 11.5. The summed E-state index contributed by atoms with van der Waals surface area (Å²) in [7, 11) is 0. The quantitative estimate of drug-likeness (QED) is 0.819. The van der Waals surface area contributed by atoms with Gasteiger partial charge in [-0.3, -0.25) is 0 Å². The summed E-state index contributed by atoms with van der Waals surface area (Å²) in [6, 6.07) is 8.70. The van der Waals surface area contributed by atoms with Crippen LogP contribution in [0.15, 0.2) is 24.3 Å². The van der Waals surface area contributed by atoms with Crippen LogP contribution in [0, 0.1) is 5.41 Å². The lowest BCUT2D eigenvalue weighted by atomic mass is 9.87. The van der Waals surface area contributed by atoms with E-state index in [1.807, 2.05) is 0 Å². The molecule has 0 aromatic heterocycles. The number of aliphatic hydroxyl groups excluding tert-OH is 1. The highest BCUT2D eigenvalue weighted by atomic mass is 16.3. The third-order valence-electron chi connectivity index (χ3n) is 3.18. The predicted molar refractivity (Wildman–Crippen MR) is 74.6 cm³/mol. The molecule has 0 amide bonds. The second-order valence-corrected chi connectivity index (χ2v) is 5.34. The second kappa shape index (κ2) is 6.06. The largest absolute Gasteiger partial charge is 0.396 e. The Bertz CT molecular complexity index is 325. The van der Waals surface area contributed by atoms with Crippen molar-refractivity contribution in [2.75, 3.05) is 24.6 Å². The van der Waals surface area contributed by atoms with Crippen LogP contribution in [0.25, 0.3) is 0 Å². The van der Waals surface area contributed by atoms with Gasteiger partial charge in [-0.25, -0.2) is 0 Å². The highest BCUT2D eigenvalue weighted by Gasteiger charge is 2.16. The SMILES string of the molecule is CCN(CC)c1ccc(CC(C)(C)CO)cc1. The monoisotopic (exact) mass is 235 g/mol. The van der Waals surface area contributed by atoms with E-state index in [4.69, 9.17) is 0 Å². The van der Waals surface area contributed by atoms with Crippen molar-refractivity contribution in [3.05, 3.63) is 29.8 Å². The summed E-state index contributed by atoms with van der Waals surface area (Å²) in [5.41, 5.74) is 2.54. The molecule has 0 radical (unpaired) electrons. The highest BCUT2D eigenvalue weighted by Crippen LogP contribution is 2.23. The first-order valence-electron chi connectivity index (χ1n) is 6.47. The average Bonchev–Trinajstić information content (AvgIpc) is 2.32. The Balaban J connectivity index is 2.74. The van der Waals surface area contributed by atoms with Crippen LogP contribution in [-0.4, -0.2) is 24.8 Å². The van der Waals surface area contributed by atoms with Gasteiger partial charge in [0.15, 0.2) is 0 Å². The van der Waals surface area contributed by atoms with E-state index in [9.17, 15) is 5.11 Å². The van der Waals surface area contributed by atoms with Gasteiger partial charge in [0.05, 0.1) is 0 Å². The molecule has 0 spiro atoms. The van der Waals surface area contributed by atoms with Crippen LogP contribution in [0.5, 0.6) is 0 Å². The molecule has 0 saturated carbocycles. The van der Waals surface area contributed by atoms with Crippen LogP contribution >= 0.6 is 0 Å². The van der Waals surface area contributed by atoms with E-state index in [1.54, 1.807) is 0 Å². The lowest BCUT2D eigenvalue weighted by Crippen LogP contribution is -2.22. The summed E-state index contributed by atoms with van der Waals surface area (Å²) >= 11 is 0. The van der Waals surface area contributed by atoms with Crippen molar-refractivity contribution < 1.29 is 5.11 Å². The average molecular weight is 235 g/mol. The first-order valence-corrected chi connectivity index (χ1v) is 6.47. The number of hydrogen-bond donors (Lipinski definition) is 1. The Morgan fingerprint density at radius 1 is 1.06 bits per heavy atom. The van der Waals surface area contributed by atoms with Gasteiger partial charge in [0.1, 0.15) is 0 Å². The molecule has 1 rings (SSSR count). The molecule has 2 nitrogen and oxygen atoms in total. The molecule has 96 valence electrons. The molecule has 0 saturated heterocycles. The van der Waals surface area contributed by atoms with Gasteiger partial charge < -0.3 is 10.0 Å². The molecule has 1 aromatic rings. The third-order valence-corrected chi connectivity index (χ3v) is 3.18. The van der Waals surface area contributed by atoms with Gasteiger partial charge in [-0.2, -0.15) is 0 Å². The van der Waals surface area contributed by atoms with Crippen LogP contribution < -0.4 is 4.90 Å². The number of anilines is 1. The standard InChI is InChI=1S/C15H25NO/c1-5-16(6-2)14-9-7-13(8-10-14)11-15(3,4)12-17/h7-10,17H,5-6,11-12H2,1-4H3. The van der Waals surface area contributed by atoms with Crippen LogP contribution in [-0.2, 0) is 6.42 Å². The maximum Gasteiger partial charge on any atom is 0.0485 e. The number of hydrogen-bond acceptors (Lipinski definition) is 2. The summed E-state index contributed by atoms with van der Waals surface area (Å²) in [5, 5.41) is 9.27. The van der Waals surface area contributed by atoms with E-state index in [-0.39, 0.29) is 12.0 Å². The summed E-state index contributed by atoms with van der Waals surface area (Å²) in [6.07, 6.45) is 0.919. The molecule has 0 fully saturated rings. The van der Waals surface area contributed by atoms with Crippen molar-refractivity contribution in [3.63, 3.8) is 0 Å². The number of nitrogens with zero attached hydrogens (tertiary/aromatic N) is 1. The van der Waals surface area contributed by atoms with Crippen molar-refractivity contribution in [2.45, 2.75) is 34.1 Å². The van der Waals surface area contributed by atoms with Crippen molar-refractivity contribution in [1.82, 2.24) is 0 Å². The molecule has 17 heavy (non-hydrogen) atoms. The summed E-state index contributed by atoms with van der Waals surface area (Å²) < 4.78 is 0. The summed E-state index contributed by atoms with van der Waals surface area (Å²) in [4.78, 5) is 2.33. The Hall–Kier alpha value is -1.02. The molecule has 1 aromatic carbocycles. The molecule has 0 heterocycles. The molecular weight excluding hydrogens is 210 g/mol. The molecule has 0 aliphatic rings. The topological polar surface area (TPSA) is 23.5 Å². The Kier molecular flexibility index (Phi) is 5.01. The number of aliphatic hydroxyl groups is 1. The van der Waals surface area contributed by atoms with Gasteiger partial charge in [-0.15, -0.1) is 0 Å². The van der Waals surface area contributed by atoms with Gasteiger partial charge in [-0.05, 0) is 43.4 Å². The molecule has 0 unspecified atom stereocenters. The lowest BCUT2D eigenvalue weighted by Gasteiger charge is -2.23. The zero-order chi connectivity index (χ0) is 12.9. The normalized spacial score (nSPS) is 11.6. The van der Waals surface area contributed by atoms with Crippen LogP contribution in [0.1, 0.15) is 33.3 Å². The second-order valence-electron chi connectivity index (χ2n) is 5.34. The van der Waals surface area contributed by atoms with E-state index in [2.05, 4.69) is 56.9 Å². The first-order chi connectivity index (χ1) is 8.02. The van der Waals surface area contributed by atoms with Gasteiger partial charge in [0.25, 0.3) is 0 Å². The molecule has 0 aliphatic heterocycles. The molecular formula is C15H25NO. The van der Waals surface area contributed by atoms with E-state index in [0.717, 1.165) is 19.5 Å². The summed E-state index contributed by atoms with van der Waals surface area (Å²) in [6.45, 7) is 10.8. The van der Waals surface area contributed by atoms with E-state index in [0.29, 0.717) is 0 Å². The van der Waals surface area contributed by atoms with Gasteiger partial charge in [-0.1, -0.05) is 26.0 Å². The minimum Gasteiger partial charge on any atom is -0.396 e. The van der Waals surface area contributed by atoms with Crippen molar-refractivity contribution in [1.29, 1.82) is 0 Å². The minimum atomic E-state index is -0.0310. The van der Waals surface area contributed by atoms with Crippen molar-refractivity contribution in [2.24, 2.45) is 5.41 Å². The van der Waals surface area contributed by atoms with Crippen molar-refractivity contribution in [3.8, 4) is 0 Å². The molecule has 1 N–H and O–H groups in total. The highest BCUT2D eigenvalue weighted by molar-refractivity contribution is 5.47. The molecule has 0 aliphatic carbocycles. The van der Waals surface area contributed by atoms with Crippen molar-refractivity contribution >= 4 is 5.69 Å².